The molecule has 5 aromatic rings. The van der Waals surface area contributed by atoms with Crippen molar-refractivity contribution in [2.24, 2.45) is 0 Å². The Labute approximate surface area is 321 Å². The van der Waals surface area contributed by atoms with Crippen molar-refractivity contribution < 1.29 is 28.3 Å². The van der Waals surface area contributed by atoms with Crippen LogP contribution in [-0.4, -0.2) is 60.0 Å². The summed E-state index contributed by atoms with van der Waals surface area (Å²) >= 11 is 9.42. The highest BCUT2D eigenvalue weighted by molar-refractivity contribution is 9.00. The van der Waals surface area contributed by atoms with Crippen molar-refractivity contribution in [1.82, 2.24) is 9.55 Å². The van der Waals surface area contributed by atoms with Gasteiger partial charge in [-0.05, 0) is 71.0 Å². The van der Waals surface area contributed by atoms with Gasteiger partial charge in [-0.2, -0.15) is 4.98 Å². The van der Waals surface area contributed by atoms with Gasteiger partial charge in [0.15, 0.2) is 4.67 Å². The summed E-state index contributed by atoms with van der Waals surface area (Å²) in [6, 6.07) is 36.0. The summed E-state index contributed by atoms with van der Waals surface area (Å²) in [7, 11) is 3.27. The number of methoxy groups -OCH3 is 2. The van der Waals surface area contributed by atoms with Gasteiger partial charge in [-0.1, -0.05) is 95.6 Å². The van der Waals surface area contributed by atoms with Gasteiger partial charge in [0.25, 0.3) is 5.91 Å². The number of nitrogens with one attached hydrogen (secondary N) is 1. The van der Waals surface area contributed by atoms with E-state index < -0.39 is 34.4 Å². The largest absolute Gasteiger partial charge is 0.497 e. The van der Waals surface area contributed by atoms with Crippen molar-refractivity contribution in [1.29, 1.82) is 0 Å². The Bertz CT molecular complexity index is 2070. The lowest BCUT2D eigenvalue weighted by atomic mass is 9.80. The summed E-state index contributed by atoms with van der Waals surface area (Å²) in [5.74, 6) is 3.07. The molecule has 3 atom stereocenters. The van der Waals surface area contributed by atoms with E-state index in [0.717, 1.165) is 39.7 Å². The summed E-state index contributed by atoms with van der Waals surface area (Å²) in [5, 5.41) is 2.71. The first kappa shape index (κ1) is 37.4. The van der Waals surface area contributed by atoms with Crippen LogP contribution in [0.5, 0.6) is 11.5 Å². The fourth-order valence-electron chi connectivity index (χ4n) is 6.46. The molecule has 2 aliphatic heterocycles. The average molecular weight is 788 g/mol. The molecule has 10 nitrogen and oxygen atoms in total. The van der Waals surface area contributed by atoms with E-state index in [4.69, 9.17) is 35.3 Å². The SMILES string of the molecule is COc1ccc(C(OC[C@H]2O[C@@H](n3ccc(NC(=O)c4ccccc4)nc3=O)C[C@@H]2OP2(=S)SCCS2)(c2ccccc2)c2ccc(OC)cc2)cc1. The third-order valence-electron chi connectivity index (χ3n) is 9.08. The molecule has 0 bridgehead atoms. The maximum Gasteiger partial charge on any atom is 0.351 e. The van der Waals surface area contributed by atoms with Crippen LogP contribution in [-0.2, 0) is 31.4 Å². The minimum atomic E-state index is -2.24. The topological polar surface area (TPSA) is 110 Å². The molecule has 2 saturated heterocycles. The first-order chi connectivity index (χ1) is 25.8. The first-order valence-corrected chi connectivity index (χ1v) is 22.9. The number of nitrogens with zero attached hydrogens (tertiary/aromatic N) is 2. The zero-order valence-corrected chi connectivity index (χ0v) is 32.4. The fourth-order valence-corrected chi connectivity index (χ4v) is 15.9. The minimum absolute atomic E-state index is 0.103. The molecule has 14 heteroatoms. The zero-order valence-electron chi connectivity index (χ0n) is 29.0. The minimum Gasteiger partial charge on any atom is -0.497 e. The lowest BCUT2D eigenvalue weighted by molar-refractivity contribution is -0.0905. The molecule has 0 saturated carbocycles. The van der Waals surface area contributed by atoms with E-state index in [2.05, 4.69) is 10.3 Å². The van der Waals surface area contributed by atoms with Crippen LogP contribution in [0.4, 0.5) is 5.82 Å². The maximum absolute atomic E-state index is 13.4. The standard InChI is InChI=1S/C39H38N3O7PS3/c1-45-31-17-13-29(14-18-31)39(28-11-7-4-8-12-28,30-15-19-32(46-2)20-16-30)47-26-34-33(49-50(51)52-23-24-53-50)25-36(48-34)42-22-21-35(41-38(42)44)40-37(43)27-9-5-3-6-10-27/h3-22,33-34,36H,23-26H2,1-2H3,(H,40,41,43,44)/t33-,34+,36+/m0/s1. The number of aromatic nitrogens is 2. The Morgan fingerprint density at radius 2 is 1.43 bits per heavy atom. The number of ether oxygens (including phenoxy) is 4. The van der Waals surface area contributed by atoms with Crippen LogP contribution < -0.4 is 20.5 Å². The summed E-state index contributed by atoms with van der Waals surface area (Å²) in [4.78, 5) is 30.3. The second-order valence-electron chi connectivity index (χ2n) is 12.3. The molecule has 274 valence electrons. The van der Waals surface area contributed by atoms with Gasteiger partial charge in [0.2, 0.25) is 0 Å². The van der Waals surface area contributed by atoms with E-state index in [9.17, 15) is 9.59 Å². The van der Waals surface area contributed by atoms with Crippen molar-refractivity contribution in [2.45, 2.75) is 30.5 Å². The number of carbonyl (C=O) groups is 1. The van der Waals surface area contributed by atoms with Crippen LogP contribution in [0.2, 0.25) is 0 Å². The van der Waals surface area contributed by atoms with Crippen molar-refractivity contribution >= 4 is 51.0 Å². The smallest absolute Gasteiger partial charge is 0.351 e. The van der Waals surface area contributed by atoms with Gasteiger partial charge >= 0.3 is 5.69 Å². The lowest BCUT2D eigenvalue weighted by Crippen LogP contribution is -2.38. The number of hydrogen-bond donors (Lipinski definition) is 1. The third kappa shape index (κ3) is 8.27. The first-order valence-electron chi connectivity index (χ1n) is 17.0. The Morgan fingerprint density at radius 1 is 0.868 bits per heavy atom. The summed E-state index contributed by atoms with van der Waals surface area (Å²) in [5.41, 5.74) is 1.48. The van der Waals surface area contributed by atoms with Crippen LogP contribution in [0.25, 0.3) is 0 Å². The van der Waals surface area contributed by atoms with E-state index in [1.165, 1.54) is 4.57 Å². The van der Waals surface area contributed by atoms with Gasteiger partial charge in [0.05, 0.1) is 26.9 Å². The lowest BCUT2D eigenvalue weighted by Gasteiger charge is -2.37. The second-order valence-corrected chi connectivity index (χ2v) is 23.0. The van der Waals surface area contributed by atoms with Gasteiger partial charge in [-0.25, -0.2) is 4.79 Å². The van der Waals surface area contributed by atoms with Crippen molar-refractivity contribution in [3.8, 4) is 11.5 Å². The van der Waals surface area contributed by atoms with Gasteiger partial charge < -0.3 is 28.8 Å². The van der Waals surface area contributed by atoms with Crippen LogP contribution >= 0.6 is 27.4 Å². The number of hydrogen-bond acceptors (Lipinski definition) is 11. The molecule has 0 spiro atoms. The normalized spacial score (nSPS) is 19.5. The quantitative estimate of drug-likeness (QED) is 0.0930. The number of rotatable bonds is 13. The van der Waals surface area contributed by atoms with Gasteiger partial charge in [-0.3, -0.25) is 9.36 Å². The van der Waals surface area contributed by atoms with Gasteiger partial charge in [-0.15, -0.1) is 0 Å². The Hall–Kier alpha value is -3.94. The van der Waals surface area contributed by atoms with Gasteiger partial charge in [0.1, 0.15) is 35.2 Å². The number of amides is 1. The molecule has 2 aliphatic rings. The predicted molar refractivity (Wildman–Crippen MR) is 214 cm³/mol. The van der Waals surface area contributed by atoms with E-state index in [-0.39, 0.29) is 18.3 Å². The van der Waals surface area contributed by atoms with Gasteiger partial charge in [0, 0.05) is 29.7 Å². The molecule has 1 N–H and O–H groups in total. The van der Waals surface area contributed by atoms with E-state index in [1.54, 1.807) is 73.5 Å². The molecule has 0 unspecified atom stereocenters. The summed E-state index contributed by atoms with van der Waals surface area (Å²) in [6.07, 6.45) is 0.175. The molecule has 0 radical (unpaired) electrons. The van der Waals surface area contributed by atoms with Crippen molar-refractivity contribution in [2.75, 3.05) is 37.6 Å². The molecule has 53 heavy (non-hydrogen) atoms. The monoisotopic (exact) mass is 787 g/mol. The zero-order chi connectivity index (χ0) is 36.8. The third-order valence-corrected chi connectivity index (χ3v) is 18.8. The van der Waals surface area contributed by atoms with Crippen LogP contribution in [0, 0.1) is 0 Å². The number of benzene rings is 4. The highest BCUT2D eigenvalue weighted by Gasteiger charge is 2.45. The highest BCUT2D eigenvalue weighted by atomic mass is 33.2. The molecule has 3 heterocycles. The van der Waals surface area contributed by atoms with E-state index in [1.807, 2.05) is 84.9 Å². The number of anilines is 1. The molecule has 1 amide bonds. The summed E-state index contributed by atoms with van der Waals surface area (Å²) in [6.45, 7) is 0.103. The van der Waals surface area contributed by atoms with Crippen LogP contribution in [0.1, 0.15) is 39.7 Å². The second kappa shape index (κ2) is 16.6. The van der Waals surface area contributed by atoms with Crippen molar-refractivity contribution in [3.05, 3.63) is 154 Å². The predicted octanol–water partition coefficient (Wildman–Crippen LogP) is 7.90. The Balaban J connectivity index is 1.22. The van der Waals surface area contributed by atoms with E-state index in [0.29, 0.717) is 12.0 Å². The van der Waals surface area contributed by atoms with Crippen LogP contribution in [0.15, 0.2) is 126 Å². The van der Waals surface area contributed by atoms with Crippen molar-refractivity contribution in [3.63, 3.8) is 0 Å². The summed E-state index contributed by atoms with van der Waals surface area (Å²) < 4.78 is 30.8. The van der Waals surface area contributed by atoms with E-state index >= 15 is 0 Å². The molecule has 2 fully saturated rings. The Kier molecular flexibility index (Phi) is 11.7. The molecule has 1 aromatic heterocycles. The molecule has 7 rings (SSSR count). The molecular formula is C39H38N3O7PS3. The average Bonchev–Trinajstić information content (AvgIpc) is 3.81. The molecular weight excluding hydrogens is 750 g/mol. The number of carbonyl (C=O) groups excluding carboxylic acids is 1. The fraction of sp³-hybridized carbons (Fsp3) is 0.256. The highest BCUT2D eigenvalue weighted by Crippen LogP contribution is 2.75. The maximum atomic E-state index is 13.4. The molecule has 0 aliphatic carbocycles. The van der Waals surface area contributed by atoms with Crippen LogP contribution in [0.3, 0.4) is 0 Å². The molecule has 4 aromatic carbocycles. The Morgan fingerprint density at radius 3 is 2.00 bits per heavy atom.